The summed E-state index contributed by atoms with van der Waals surface area (Å²) in [7, 11) is 0. The van der Waals surface area contributed by atoms with Gasteiger partial charge in [0.2, 0.25) is 0 Å². The molecule has 0 atom stereocenters. The number of halogens is 3. The Morgan fingerprint density at radius 2 is 2.00 bits per heavy atom. The molecule has 1 aromatic carbocycles. The number of nitrogens with one attached hydrogen (secondary N) is 1. The van der Waals surface area contributed by atoms with Gasteiger partial charge in [0.05, 0.1) is 10.7 Å². The van der Waals surface area contributed by atoms with Crippen molar-refractivity contribution in [3.63, 3.8) is 0 Å². The minimum atomic E-state index is -0.487. The number of carbonyl (C=O) groups is 1. The summed E-state index contributed by atoms with van der Waals surface area (Å²) in [5, 5.41) is 3.67. The zero-order chi connectivity index (χ0) is 17.2. The van der Waals surface area contributed by atoms with E-state index in [9.17, 15) is 9.18 Å². The molecule has 0 aliphatic carbocycles. The predicted molar refractivity (Wildman–Crippen MR) is 93.6 cm³/mol. The highest BCUT2D eigenvalue weighted by atomic mass is 79.9. The SMILES string of the molecule is CC(C)(C)OC(=O)N1CCC(Nc2c(Cl)cc(F)cc2Br)CC1. The third kappa shape index (κ3) is 5.24. The molecule has 4 nitrogen and oxygen atoms in total. The van der Waals surface area contributed by atoms with Crippen molar-refractivity contribution >= 4 is 39.3 Å². The number of amides is 1. The van der Waals surface area contributed by atoms with E-state index in [1.807, 2.05) is 20.8 Å². The molecule has 0 saturated carbocycles. The van der Waals surface area contributed by atoms with Gasteiger partial charge < -0.3 is 15.0 Å². The van der Waals surface area contributed by atoms with E-state index in [1.54, 1.807) is 4.90 Å². The fourth-order valence-electron chi connectivity index (χ4n) is 2.42. The Hall–Kier alpha value is -1.01. The van der Waals surface area contributed by atoms with Gasteiger partial charge in [0.1, 0.15) is 11.4 Å². The maximum Gasteiger partial charge on any atom is 0.410 e. The van der Waals surface area contributed by atoms with Crippen LogP contribution in [0.3, 0.4) is 0 Å². The van der Waals surface area contributed by atoms with Crippen molar-refractivity contribution in [1.82, 2.24) is 4.90 Å². The highest BCUT2D eigenvalue weighted by molar-refractivity contribution is 9.10. The molecule has 128 valence electrons. The number of carbonyl (C=O) groups excluding carboxylic acids is 1. The number of piperidine rings is 1. The first-order chi connectivity index (χ1) is 10.7. The highest BCUT2D eigenvalue weighted by Crippen LogP contribution is 2.33. The van der Waals surface area contributed by atoms with Crippen LogP contribution >= 0.6 is 27.5 Å². The minimum Gasteiger partial charge on any atom is -0.444 e. The van der Waals surface area contributed by atoms with E-state index in [2.05, 4.69) is 21.2 Å². The van der Waals surface area contributed by atoms with Gasteiger partial charge >= 0.3 is 6.09 Å². The molecule has 1 aromatic rings. The van der Waals surface area contributed by atoms with Crippen molar-refractivity contribution < 1.29 is 13.9 Å². The zero-order valence-corrected chi connectivity index (χ0v) is 15.8. The molecule has 1 saturated heterocycles. The highest BCUT2D eigenvalue weighted by Gasteiger charge is 2.27. The summed E-state index contributed by atoms with van der Waals surface area (Å²) in [6.45, 7) is 6.79. The van der Waals surface area contributed by atoms with E-state index < -0.39 is 5.60 Å². The van der Waals surface area contributed by atoms with Gasteiger partial charge in [-0.3, -0.25) is 0 Å². The number of nitrogens with zero attached hydrogens (tertiary/aromatic N) is 1. The number of anilines is 1. The second-order valence-corrected chi connectivity index (χ2v) is 7.89. The van der Waals surface area contributed by atoms with Gasteiger partial charge in [-0.2, -0.15) is 0 Å². The van der Waals surface area contributed by atoms with Gasteiger partial charge in [-0.25, -0.2) is 9.18 Å². The predicted octanol–water partition coefficient (Wildman–Crippen LogP) is 5.05. The van der Waals surface area contributed by atoms with Gasteiger partial charge in [-0.05, 0) is 61.7 Å². The topological polar surface area (TPSA) is 41.6 Å². The Morgan fingerprint density at radius 1 is 1.39 bits per heavy atom. The Bertz CT molecular complexity index is 561. The fourth-order valence-corrected chi connectivity index (χ4v) is 3.34. The first-order valence-electron chi connectivity index (χ1n) is 7.55. The van der Waals surface area contributed by atoms with Crippen LogP contribution < -0.4 is 5.32 Å². The molecular weight excluding hydrogens is 387 g/mol. The van der Waals surface area contributed by atoms with Crippen molar-refractivity contribution in [2.75, 3.05) is 18.4 Å². The summed E-state index contributed by atoms with van der Waals surface area (Å²) in [6.07, 6.45) is 1.27. The second-order valence-electron chi connectivity index (χ2n) is 6.63. The Kier molecular flexibility index (Phi) is 5.79. The molecule has 0 aromatic heterocycles. The number of benzene rings is 1. The lowest BCUT2D eigenvalue weighted by Gasteiger charge is -2.34. The maximum absolute atomic E-state index is 13.3. The van der Waals surface area contributed by atoms with Gasteiger partial charge in [0.15, 0.2) is 0 Å². The molecule has 23 heavy (non-hydrogen) atoms. The summed E-state index contributed by atoms with van der Waals surface area (Å²) >= 11 is 9.41. The van der Waals surface area contributed by atoms with Crippen molar-refractivity contribution in [2.45, 2.75) is 45.3 Å². The van der Waals surface area contributed by atoms with Crippen molar-refractivity contribution in [3.8, 4) is 0 Å². The van der Waals surface area contributed by atoms with E-state index in [0.29, 0.717) is 28.3 Å². The van der Waals surface area contributed by atoms with Crippen LogP contribution in [-0.4, -0.2) is 35.7 Å². The molecule has 0 unspecified atom stereocenters. The van der Waals surface area contributed by atoms with Crippen LogP contribution in [0.4, 0.5) is 14.9 Å². The third-order valence-corrected chi connectivity index (χ3v) is 4.43. The quantitative estimate of drug-likeness (QED) is 0.745. The summed E-state index contributed by atoms with van der Waals surface area (Å²) in [4.78, 5) is 13.8. The number of hydrogen-bond acceptors (Lipinski definition) is 3. The lowest BCUT2D eigenvalue weighted by molar-refractivity contribution is 0.0210. The van der Waals surface area contributed by atoms with E-state index in [1.165, 1.54) is 12.1 Å². The number of ether oxygens (including phenoxy) is 1. The van der Waals surface area contributed by atoms with Crippen LogP contribution in [0, 0.1) is 5.82 Å². The zero-order valence-electron chi connectivity index (χ0n) is 13.5. The molecule has 7 heteroatoms. The smallest absolute Gasteiger partial charge is 0.410 e. The largest absolute Gasteiger partial charge is 0.444 e. The first kappa shape index (κ1) is 18.3. The lowest BCUT2D eigenvalue weighted by atomic mass is 10.0. The van der Waals surface area contributed by atoms with Crippen molar-refractivity contribution in [1.29, 1.82) is 0 Å². The van der Waals surface area contributed by atoms with Gasteiger partial charge in [-0.15, -0.1) is 0 Å². The second kappa shape index (κ2) is 7.26. The van der Waals surface area contributed by atoms with E-state index in [0.717, 1.165) is 12.8 Å². The van der Waals surface area contributed by atoms with Gasteiger partial charge in [0.25, 0.3) is 0 Å². The molecule has 0 radical (unpaired) electrons. The molecule has 1 N–H and O–H groups in total. The summed E-state index contributed by atoms with van der Waals surface area (Å²) in [6, 6.07) is 2.84. The first-order valence-corrected chi connectivity index (χ1v) is 8.72. The van der Waals surface area contributed by atoms with Crippen LogP contribution in [0.1, 0.15) is 33.6 Å². The normalized spacial score (nSPS) is 16.3. The molecule has 1 amide bonds. The average molecular weight is 408 g/mol. The molecule has 0 bridgehead atoms. The van der Waals surface area contributed by atoms with Crippen LogP contribution in [0.5, 0.6) is 0 Å². The van der Waals surface area contributed by atoms with E-state index in [4.69, 9.17) is 16.3 Å². The summed E-state index contributed by atoms with van der Waals surface area (Å²) < 4.78 is 19.2. The van der Waals surface area contributed by atoms with Crippen LogP contribution in [0.15, 0.2) is 16.6 Å². The minimum absolute atomic E-state index is 0.174. The average Bonchev–Trinajstić information content (AvgIpc) is 2.41. The van der Waals surface area contributed by atoms with Crippen LogP contribution in [0.2, 0.25) is 5.02 Å². The van der Waals surface area contributed by atoms with Gasteiger partial charge in [-0.1, -0.05) is 11.6 Å². The van der Waals surface area contributed by atoms with Crippen molar-refractivity contribution in [3.05, 3.63) is 27.4 Å². The lowest BCUT2D eigenvalue weighted by Crippen LogP contribution is -2.44. The third-order valence-electron chi connectivity index (χ3n) is 3.50. The maximum atomic E-state index is 13.3. The standard InChI is InChI=1S/C16H21BrClFN2O2/c1-16(2,3)23-15(22)21-6-4-11(5-7-21)20-14-12(17)8-10(19)9-13(14)18/h8-9,11,20H,4-7H2,1-3H3. The summed E-state index contributed by atoms with van der Waals surface area (Å²) in [5.74, 6) is -0.382. The number of hydrogen-bond donors (Lipinski definition) is 1. The molecular formula is C16H21BrClFN2O2. The van der Waals surface area contributed by atoms with Crippen molar-refractivity contribution in [2.24, 2.45) is 0 Å². The Balaban J connectivity index is 1.92. The molecule has 0 spiro atoms. The molecule has 1 aliphatic rings. The van der Waals surface area contributed by atoms with Gasteiger partial charge in [0, 0.05) is 23.6 Å². The monoisotopic (exact) mass is 406 g/mol. The molecule has 2 rings (SSSR count). The Morgan fingerprint density at radius 3 is 2.52 bits per heavy atom. The summed E-state index contributed by atoms with van der Waals surface area (Å²) in [5.41, 5.74) is 0.197. The van der Waals surface area contributed by atoms with Crippen LogP contribution in [0.25, 0.3) is 0 Å². The number of likely N-dealkylation sites (tertiary alicyclic amines) is 1. The molecule has 1 fully saturated rings. The molecule has 1 aliphatic heterocycles. The number of rotatable bonds is 2. The van der Waals surface area contributed by atoms with E-state index in [-0.39, 0.29) is 18.0 Å². The molecule has 1 heterocycles. The fraction of sp³-hybridized carbons (Fsp3) is 0.562. The van der Waals surface area contributed by atoms with Crippen LogP contribution in [-0.2, 0) is 4.74 Å². The van der Waals surface area contributed by atoms with E-state index >= 15 is 0 Å². The Labute approximate surface area is 149 Å².